The third-order valence-corrected chi connectivity index (χ3v) is 1.87. The smallest absolute Gasteiger partial charge is 0.341 e. The monoisotopic (exact) mass is 240 g/mol. The molecule has 1 aromatic carbocycles. The van der Waals surface area contributed by atoms with Crippen molar-refractivity contribution in [2.24, 2.45) is 0 Å². The molecular formula is C11H12O6. The van der Waals surface area contributed by atoms with Crippen LogP contribution in [0.15, 0.2) is 25.0 Å². The van der Waals surface area contributed by atoms with Crippen LogP contribution in [0.25, 0.3) is 0 Å². The third-order valence-electron chi connectivity index (χ3n) is 1.87. The van der Waals surface area contributed by atoms with Gasteiger partial charge < -0.3 is 24.8 Å². The Kier molecular flexibility index (Phi) is 3.82. The van der Waals surface area contributed by atoms with Gasteiger partial charge in [-0.3, -0.25) is 0 Å². The van der Waals surface area contributed by atoms with Crippen molar-refractivity contribution in [3.05, 3.63) is 30.5 Å². The van der Waals surface area contributed by atoms with Crippen molar-refractivity contribution in [3.8, 4) is 17.2 Å². The summed E-state index contributed by atoms with van der Waals surface area (Å²) in [7, 11) is 0. The van der Waals surface area contributed by atoms with E-state index in [1.54, 1.807) is 0 Å². The Labute approximate surface area is 97.3 Å². The van der Waals surface area contributed by atoms with Crippen LogP contribution in [0, 0.1) is 0 Å². The average Bonchev–Trinajstić information content (AvgIpc) is 2.25. The predicted molar refractivity (Wildman–Crippen MR) is 57.6 cm³/mol. The molecule has 0 saturated heterocycles. The number of benzene rings is 1. The quantitative estimate of drug-likeness (QED) is 0.319. The molecule has 92 valence electrons. The normalized spacial score (nSPS) is 11.6. The van der Waals surface area contributed by atoms with Gasteiger partial charge in [-0.25, -0.2) is 4.79 Å². The van der Waals surface area contributed by atoms with Crippen molar-refractivity contribution in [1.29, 1.82) is 0 Å². The minimum Gasteiger partial charge on any atom is -0.504 e. The van der Waals surface area contributed by atoms with Crippen molar-refractivity contribution < 1.29 is 29.6 Å². The molecule has 0 aliphatic rings. The molecule has 0 aromatic heterocycles. The zero-order valence-corrected chi connectivity index (χ0v) is 9.08. The summed E-state index contributed by atoms with van der Waals surface area (Å²) in [5.41, 5.74) is -0.114. The van der Waals surface area contributed by atoms with E-state index in [2.05, 4.69) is 6.58 Å². The van der Waals surface area contributed by atoms with Crippen molar-refractivity contribution in [3.63, 3.8) is 0 Å². The zero-order chi connectivity index (χ0) is 13.0. The number of carbonyl (C=O) groups is 1. The summed E-state index contributed by atoms with van der Waals surface area (Å²) in [6, 6.07) is 1.94. The second-order valence-electron chi connectivity index (χ2n) is 3.14. The molecule has 0 saturated carbocycles. The van der Waals surface area contributed by atoms with Crippen LogP contribution in [0.1, 0.15) is 17.3 Å². The van der Waals surface area contributed by atoms with Crippen LogP contribution in [-0.2, 0) is 9.47 Å². The number of hydrogen-bond donors (Lipinski definition) is 3. The SMILES string of the molecule is C=COC(C)OC(=O)c1cc(O)c(O)c(O)c1. The number of hydrogen-bond acceptors (Lipinski definition) is 6. The second kappa shape index (κ2) is 5.11. The van der Waals surface area contributed by atoms with Crippen LogP contribution in [-0.4, -0.2) is 27.6 Å². The standard InChI is InChI=1S/C11H12O6/c1-3-16-6(2)17-11(15)7-4-8(12)10(14)9(13)5-7/h3-6,12-14H,1H2,2H3. The fourth-order valence-electron chi connectivity index (χ4n) is 1.10. The molecular weight excluding hydrogens is 228 g/mol. The summed E-state index contributed by atoms with van der Waals surface area (Å²) >= 11 is 0. The molecule has 1 aromatic rings. The summed E-state index contributed by atoms with van der Waals surface area (Å²) < 4.78 is 9.56. The van der Waals surface area contributed by atoms with Gasteiger partial charge in [-0.1, -0.05) is 6.58 Å². The number of aromatic hydroxyl groups is 3. The number of ether oxygens (including phenoxy) is 2. The maximum absolute atomic E-state index is 11.5. The molecule has 0 bridgehead atoms. The van der Waals surface area contributed by atoms with E-state index in [-0.39, 0.29) is 5.56 Å². The van der Waals surface area contributed by atoms with Crippen LogP contribution < -0.4 is 0 Å². The van der Waals surface area contributed by atoms with Gasteiger partial charge in [0.2, 0.25) is 6.29 Å². The van der Waals surface area contributed by atoms with Crippen molar-refractivity contribution in [2.45, 2.75) is 13.2 Å². The largest absolute Gasteiger partial charge is 0.504 e. The van der Waals surface area contributed by atoms with Crippen LogP contribution in [0.4, 0.5) is 0 Å². The Hall–Kier alpha value is -2.37. The first-order valence-corrected chi connectivity index (χ1v) is 4.68. The van der Waals surface area contributed by atoms with Crippen LogP contribution in [0.2, 0.25) is 0 Å². The Balaban J connectivity index is 2.86. The lowest BCUT2D eigenvalue weighted by Gasteiger charge is -2.12. The molecule has 0 aliphatic carbocycles. The average molecular weight is 240 g/mol. The lowest BCUT2D eigenvalue weighted by atomic mass is 10.2. The van der Waals surface area contributed by atoms with Gasteiger partial charge in [-0.15, -0.1) is 0 Å². The minimum atomic E-state index is -0.849. The molecule has 0 heterocycles. The van der Waals surface area contributed by atoms with Gasteiger partial charge in [0.1, 0.15) is 0 Å². The first-order chi connectivity index (χ1) is 7.95. The molecule has 0 aliphatic heterocycles. The molecule has 3 N–H and O–H groups in total. The molecule has 6 heteroatoms. The Morgan fingerprint density at radius 3 is 2.35 bits per heavy atom. The van der Waals surface area contributed by atoms with E-state index in [9.17, 15) is 15.0 Å². The van der Waals surface area contributed by atoms with E-state index in [1.165, 1.54) is 6.92 Å². The minimum absolute atomic E-state index is 0.114. The zero-order valence-electron chi connectivity index (χ0n) is 9.08. The fourth-order valence-corrected chi connectivity index (χ4v) is 1.10. The summed E-state index contributed by atoms with van der Waals surface area (Å²) in [6.07, 6.45) is 0.266. The first kappa shape index (κ1) is 12.7. The van der Waals surface area contributed by atoms with Gasteiger partial charge in [0.15, 0.2) is 17.2 Å². The highest BCUT2D eigenvalue weighted by atomic mass is 16.7. The molecule has 17 heavy (non-hydrogen) atoms. The predicted octanol–water partition coefficient (Wildman–Crippen LogP) is 1.47. The Morgan fingerprint density at radius 1 is 1.35 bits per heavy atom. The number of esters is 1. The number of phenolic OH excluding ortho intramolecular Hbond substituents is 3. The number of phenols is 3. The highest BCUT2D eigenvalue weighted by molar-refractivity contribution is 5.91. The Morgan fingerprint density at radius 2 is 1.88 bits per heavy atom. The molecule has 1 rings (SSSR count). The summed E-state index contributed by atoms with van der Waals surface area (Å²) in [5, 5.41) is 27.5. The maximum atomic E-state index is 11.5. The summed E-state index contributed by atoms with van der Waals surface area (Å²) in [5.74, 6) is -2.75. The van der Waals surface area contributed by atoms with Crippen LogP contribution in [0.3, 0.4) is 0 Å². The van der Waals surface area contributed by atoms with Gasteiger partial charge in [0.05, 0.1) is 11.8 Å². The van der Waals surface area contributed by atoms with E-state index < -0.39 is 29.5 Å². The molecule has 0 spiro atoms. The second-order valence-corrected chi connectivity index (χ2v) is 3.14. The molecule has 0 radical (unpaired) electrons. The molecule has 0 fully saturated rings. The van der Waals surface area contributed by atoms with Gasteiger partial charge in [0.25, 0.3) is 0 Å². The van der Waals surface area contributed by atoms with Gasteiger partial charge >= 0.3 is 5.97 Å². The number of carbonyl (C=O) groups excluding carboxylic acids is 1. The van der Waals surface area contributed by atoms with E-state index in [0.717, 1.165) is 18.4 Å². The lowest BCUT2D eigenvalue weighted by molar-refractivity contribution is -0.0599. The maximum Gasteiger partial charge on any atom is 0.341 e. The van der Waals surface area contributed by atoms with E-state index in [0.29, 0.717) is 0 Å². The van der Waals surface area contributed by atoms with Gasteiger partial charge in [-0.2, -0.15) is 0 Å². The van der Waals surface area contributed by atoms with Crippen molar-refractivity contribution in [2.75, 3.05) is 0 Å². The fraction of sp³-hybridized carbons (Fsp3) is 0.182. The Bertz CT molecular complexity index is 417. The molecule has 6 nitrogen and oxygen atoms in total. The topological polar surface area (TPSA) is 96.2 Å². The third kappa shape index (κ3) is 3.04. The van der Waals surface area contributed by atoms with Crippen molar-refractivity contribution in [1.82, 2.24) is 0 Å². The number of rotatable bonds is 4. The van der Waals surface area contributed by atoms with E-state index in [1.807, 2.05) is 0 Å². The molecule has 1 atom stereocenters. The summed E-state index contributed by atoms with van der Waals surface area (Å²) in [4.78, 5) is 11.5. The van der Waals surface area contributed by atoms with Crippen molar-refractivity contribution >= 4 is 5.97 Å². The van der Waals surface area contributed by atoms with Gasteiger partial charge in [-0.05, 0) is 12.1 Å². The molecule has 1 unspecified atom stereocenters. The van der Waals surface area contributed by atoms with Gasteiger partial charge in [0, 0.05) is 6.92 Å². The molecule has 0 amide bonds. The van der Waals surface area contributed by atoms with E-state index in [4.69, 9.17) is 14.6 Å². The van der Waals surface area contributed by atoms with E-state index >= 15 is 0 Å². The highest BCUT2D eigenvalue weighted by Crippen LogP contribution is 2.35. The van der Waals surface area contributed by atoms with Crippen LogP contribution >= 0.6 is 0 Å². The van der Waals surface area contributed by atoms with Crippen LogP contribution in [0.5, 0.6) is 17.2 Å². The first-order valence-electron chi connectivity index (χ1n) is 4.68. The highest BCUT2D eigenvalue weighted by Gasteiger charge is 2.16. The lowest BCUT2D eigenvalue weighted by Crippen LogP contribution is -2.16. The summed E-state index contributed by atoms with van der Waals surface area (Å²) in [6.45, 7) is 4.77.